The molecule has 0 spiro atoms. The van der Waals surface area contributed by atoms with Gasteiger partial charge in [0.2, 0.25) is 0 Å². The Bertz CT molecular complexity index is 635. The lowest BCUT2D eigenvalue weighted by Gasteiger charge is -1.95. The molecule has 2 aromatic heterocycles. The molecule has 0 unspecified atom stereocenters. The highest BCUT2D eigenvalue weighted by Crippen LogP contribution is 2.21. The van der Waals surface area contributed by atoms with Gasteiger partial charge in [0.1, 0.15) is 17.0 Å². The molecule has 18 heavy (non-hydrogen) atoms. The van der Waals surface area contributed by atoms with E-state index in [4.69, 9.17) is 4.55 Å². The van der Waals surface area contributed by atoms with Gasteiger partial charge in [-0.05, 0) is 12.0 Å². The van der Waals surface area contributed by atoms with E-state index in [9.17, 15) is 8.42 Å². The van der Waals surface area contributed by atoms with E-state index >= 15 is 0 Å². The Kier molecular flexibility index (Phi) is 3.69. The molecule has 0 aliphatic rings. The first-order valence-corrected chi connectivity index (χ1v) is 7.66. The lowest BCUT2D eigenvalue weighted by molar-refractivity contribution is -0.750. The molecule has 6 nitrogen and oxygen atoms in total. The number of aryl methyl sites for hydroxylation is 2. The van der Waals surface area contributed by atoms with E-state index in [2.05, 4.69) is 10.1 Å². The first-order valence-electron chi connectivity index (χ1n) is 5.17. The van der Waals surface area contributed by atoms with Crippen molar-refractivity contribution in [2.45, 2.75) is 13.5 Å². The molecular formula is C10H12N3O3S2+. The third kappa shape index (κ3) is 3.56. The van der Waals surface area contributed by atoms with Crippen LogP contribution < -0.4 is 4.68 Å². The van der Waals surface area contributed by atoms with Gasteiger partial charge >= 0.3 is 0 Å². The summed E-state index contributed by atoms with van der Waals surface area (Å²) in [7, 11) is -3.95. The topological polar surface area (TPSA) is 84.0 Å². The number of rotatable bonds is 4. The van der Waals surface area contributed by atoms with Gasteiger partial charge in [-0.15, -0.1) is 11.3 Å². The SMILES string of the molecule is Cc1csc(-c2cc[n+](CCS(=O)(=O)O)nc2)n1. The van der Waals surface area contributed by atoms with Crippen molar-refractivity contribution in [3.05, 3.63) is 29.5 Å². The van der Waals surface area contributed by atoms with E-state index in [0.29, 0.717) is 0 Å². The third-order valence-electron chi connectivity index (χ3n) is 2.22. The molecule has 0 aromatic carbocycles. The van der Waals surface area contributed by atoms with Crippen LogP contribution in [0.2, 0.25) is 0 Å². The summed E-state index contributed by atoms with van der Waals surface area (Å²) in [6.45, 7) is 2.04. The Morgan fingerprint density at radius 3 is 2.78 bits per heavy atom. The molecule has 0 fully saturated rings. The van der Waals surface area contributed by atoms with Crippen LogP contribution in [0.15, 0.2) is 23.8 Å². The number of thiazole rings is 1. The fourth-order valence-electron chi connectivity index (χ4n) is 1.34. The van der Waals surface area contributed by atoms with Crippen molar-refractivity contribution in [2.24, 2.45) is 0 Å². The van der Waals surface area contributed by atoms with Crippen molar-refractivity contribution in [2.75, 3.05) is 5.75 Å². The molecule has 2 rings (SSSR count). The third-order valence-corrected chi connectivity index (χ3v) is 3.92. The van der Waals surface area contributed by atoms with Crippen LogP contribution in [0, 0.1) is 6.92 Å². The summed E-state index contributed by atoms with van der Waals surface area (Å²) in [6.07, 6.45) is 3.29. The van der Waals surface area contributed by atoms with Gasteiger partial charge in [-0.1, -0.05) is 4.68 Å². The Hall–Kier alpha value is -1.38. The zero-order valence-corrected chi connectivity index (χ0v) is 11.3. The minimum Gasteiger partial charge on any atom is -0.285 e. The number of nitrogens with zero attached hydrogens (tertiary/aromatic N) is 3. The summed E-state index contributed by atoms with van der Waals surface area (Å²) in [5, 5.41) is 6.91. The van der Waals surface area contributed by atoms with Crippen molar-refractivity contribution in [3.63, 3.8) is 0 Å². The van der Waals surface area contributed by atoms with Crippen LogP contribution in [-0.2, 0) is 16.7 Å². The summed E-state index contributed by atoms with van der Waals surface area (Å²) in [5.41, 5.74) is 1.84. The average Bonchev–Trinajstić information content (AvgIpc) is 2.73. The minimum absolute atomic E-state index is 0.121. The molecule has 0 saturated heterocycles. The number of hydrogen-bond acceptors (Lipinski definition) is 5. The second-order valence-corrected chi connectivity index (χ2v) is 6.19. The predicted octanol–water partition coefficient (Wildman–Crippen LogP) is 0.689. The zero-order chi connectivity index (χ0) is 13.2. The van der Waals surface area contributed by atoms with E-state index in [0.717, 1.165) is 16.3 Å². The van der Waals surface area contributed by atoms with E-state index in [1.807, 2.05) is 18.4 Å². The maximum absolute atomic E-state index is 10.6. The number of hydrogen-bond donors (Lipinski definition) is 1. The van der Waals surface area contributed by atoms with Crippen molar-refractivity contribution in [1.82, 2.24) is 10.1 Å². The fraction of sp³-hybridized carbons (Fsp3) is 0.300. The molecule has 0 amide bonds. The first kappa shape index (κ1) is 13.1. The highest BCUT2D eigenvalue weighted by molar-refractivity contribution is 7.85. The molecule has 0 aliphatic heterocycles. The van der Waals surface area contributed by atoms with Crippen LogP contribution in [0.1, 0.15) is 5.69 Å². The first-order chi connectivity index (χ1) is 8.44. The van der Waals surface area contributed by atoms with Crippen LogP contribution in [0.25, 0.3) is 10.6 Å². The maximum Gasteiger partial charge on any atom is 0.271 e. The van der Waals surface area contributed by atoms with E-state index < -0.39 is 10.1 Å². The minimum atomic E-state index is -3.95. The van der Waals surface area contributed by atoms with Gasteiger partial charge in [0, 0.05) is 22.7 Å². The lowest BCUT2D eigenvalue weighted by atomic mass is 10.3. The van der Waals surface area contributed by atoms with Crippen LogP contribution in [0.4, 0.5) is 0 Å². The monoisotopic (exact) mass is 286 g/mol. The summed E-state index contributed by atoms with van der Waals surface area (Å²) >= 11 is 1.53. The second kappa shape index (κ2) is 5.09. The van der Waals surface area contributed by atoms with Crippen molar-refractivity contribution in [3.8, 4) is 10.6 Å². The quantitative estimate of drug-likeness (QED) is 0.660. The normalized spacial score (nSPS) is 11.7. The zero-order valence-electron chi connectivity index (χ0n) is 9.65. The van der Waals surface area contributed by atoms with Crippen LogP contribution >= 0.6 is 11.3 Å². The van der Waals surface area contributed by atoms with Crippen molar-refractivity contribution < 1.29 is 17.7 Å². The van der Waals surface area contributed by atoms with E-state index in [1.54, 1.807) is 12.4 Å². The number of aromatic nitrogens is 3. The standard InChI is InChI=1S/C10H11N3O3S2/c1-8-7-17-10(12-8)9-2-3-13(11-6-9)4-5-18(14,15)16/h2-3,6-7H,4-5H2,1H3/p+1. The largest absolute Gasteiger partial charge is 0.285 e. The van der Waals surface area contributed by atoms with Crippen molar-refractivity contribution in [1.29, 1.82) is 0 Å². The van der Waals surface area contributed by atoms with Crippen molar-refractivity contribution >= 4 is 21.5 Å². The van der Waals surface area contributed by atoms with Gasteiger partial charge in [0.25, 0.3) is 10.1 Å². The lowest BCUT2D eigenvalue weighted by Crippen LogP contribution is -2.40. The Balaban J connectivity index is 2.10. The Labute approximate surface area is 109 Å². The maximum atomic E-state index is 10.6. The molecule has 2 heterocycles. The highest BCUT2D eigenvalue weighted by Gasteiger charge is 2.12. The van der Waals surface area contributed by atoms with Gasteiger partial charge in [-0.25, -0.2) is 4.98 Å². The average molecular weight is 286 g/mol. The summed E-state index contributed by atoms with van der Waals surface area (Å²) in [5.74, 6) is -0.347. The molecule has 0 saturated carbocycles. The smallest absolute Gasteiger partial charge is 0.271 e. The predicted molar refractivity (Wildman–Crippen MR) is 66.7 cm³/mol. The molecule has 0 aliphatic carbocycles. The van der Waals surface area contributed by atoms with E-state index in [-0.39, 0.29) is 12.3 Å². The second-order valence-electron chi connectivity index (χ2n) is 3.76. The fourth-order valence-corrected chi connectivity index (χ4v) is 2.54. The van der Waals surface area contributed by atoms with Gasteiger partial charge in [0.05, 0.1) is 0 Å². The van der Waals surface area contributed by atoms with Gasteiger partial charge in [0.15, 0.2) is 12.7 Å². The van der Waals surface area contributed by atoms with Gasteiger partial charge < -0.3 is 0 Å². The molecular weight excluding hydrogens is 274 g/mol. The van der Waals surface area contributed by atoms with Crippen LogP contribution in [0.5, 0.6) is 0 Å². The Morgan fingerprint density at radius 1 is 1.50 bits per heavy atom. The molecule has 2 aromatic rings. The molecule has 0 radical (unpaired) electrons. The molecule has 0 atom stereocenters. The molecule has 0 bridgehead atoms. The summed E-state index contributed by atoms with van der Waals surface area (Å²) in [6, 6.07) is 1.81. The summed E-state index contributed by atoms with van der Waals surface area (Å²) < 4.78 is 31.3. The highest BCUT2D eigenvalue weighted by atomic mass is 32.2. The van der Waals surface area contributed by atoms with Gasteiger partial charge in [-0.3, -0.25) is 4.55 Å². The molecule has 96 valence electrons. The van der Waals surface area contributed by atoms with Crippen LogP contribution in [-0.4, -0.2) is 28.8 Å². The Morgan fingerprint density at radius 2 is 2.28 bits per heavy atom. The van der Waals surface area contributed by atoms with E-state index in [1.165, 1.54) is 16.0 Å². The summed E-state index contributed by atoms with van der Waals surface area (Å²) in [4.78, 5) is 4.33. The van der Waals surface area contributed by atoms with Gasteiger partial charge in [-0.2, -0.15) is 8.42 Å². The molecule has 8 heteroatoms. The van der Waals surface area contributed by atoms with Crippen LogP contribution in [0.3, 0.4) is 0 Å². The molecule has 1 N–H and O–H groups in total.